The van der Waals surface area contributed by atoms with Gasteiger partial charge < -0.3 is 0 Å². The molecule has 0 spiro atoms. The molecular formula is C14H14N4S2. The Labute approximate surface area is 126 Å². The number of thiophene rings is 1. The lowest BCUT2D eigenvalue weighted by Crippen LogP contribution is -2.01. The first-order valence-electron chi connectivity index (χ1n) is 6.42. The summed E-state index contributed by atoms with van der Waals surface area (Å²) < 4.78 is 2.61. The van der Waals surface area contributed by atoms with Gasteiger partial charge in [-0.2, -0.15) is 5.10 Å². The molecule has 0 fully saturated rings. The topological polar surface area (TPSA) is 46.5 Å². The van der Waals surface area contributed by atoms with Crippen LogP contribution in [0.2, 0.25) is 0 Å². The van der Waals surface area contributed by atoms with Crippen LogP contribution < -0.4 is 0 Å². The summed E-state index contributed by atoms with van der Waals surface area (Å²) in [5.74, 6) is 0.780. The van der Waals surface area contributed by atoms with E-state index in [-0.39, 0.29) is 0 Å². The summed E-state index contributed by atoms with van der Waals surface area (Å²) in [5.41, 5.74) is 0.826. The van der Waals surface area contributed by atoms with Gasteiger partial charge in [-0.05, 0) is 42.9 Å². The van der Waals surface area contributed by atoms with Gasteiger partial charge in [-0.3, -0.25) is 14.6 Å². The quantitative estimate of drug-likeness (QED) is 0.748. The first-order chi connectivity index (χ1) is 9.78. The second-order valence-corrected chi connectivity index (χ2v) is 6.01. The first-order valence-corrected chi connectivity index (χ1v) is 7.64. The van der Waals surface area contributed by atoms with Crippen LogP contribution in [0.25, 0.3) is 11.5 Å². The highest BCUT2D eigenvalue weighted by atomic mass is 32.1. The third kappa shape index (κ3) is 2.57. The third-order valence-corrected chi connectivity index (χ3v) is 4.56. The van der Waals surface area contributed by atoms with E-state index in [0.717, 1.165) is 24.5 Å². The molecular weight excluding hydrogens is 288 g/mol. The molecule has 0 radical (unpaired) electrons. The zero-order chi connectivity index (χ0) is 13.9. The molecule has 3 rings (SSSR count). The van der Waals surface area contributed by atoms with Crippen molar-refractivity contribution in [2.24, 2.45) is 0 Å². The Kier molecular flexibility index (Phi) is 3.75. The SMILES string of the molecule is CCc1ccc(Cn2c(-c3ccccn3)n[nH]c2=S)s1. The molecule has 0 saturated heterocycles. The summed E-state index contributed by atoms with van der Waals surface area (Å²) in [5, 5.41) is 7.15. The lowest BCUT2D eigenvalue weighted by Gasteiger charge is -2.04. The van der Waals surface area contributed by atoms with Crippen molar-refractivity contribution in [2.45, 2.75) is 19.9 Å². The van der Waals surface area contributed by atoms with E-state index in [1.165, 1.54) is 9.75 Å². The zero-order valence-electron chi connectivity index (χ0n) is 11.0. The Morgan fingerprint density at radius 1 is 1.25 bits per heavy atom. The molecule has 20 heavy (non-hydrogen) atoms. The summed E-state index contributed by atoms with van der Waals surface area (Å²) in [4.78, 5) is 7.00. The van der Waals surface area contributed by atoms with Crippen LogP contribution in [0.4, 0.5) is 0 Å². The number of nitrogens with zero attached hydrogens (tertiary/aromatic N) is 3. The van der Waals surface area contributed by atoms with Crippen molar-refractivity contribution in [3.05, 3.63) is 51.1 Å². The van der Waals surface area contributed by atoms with E-state index in [4.69, 9.17) is 12.2 Å². The van der Waals surface area contributed by atoms with E-state index < -0.39 is 0 Å². The molecule has 3 aromatic heterocycles. The van der Waals surface area contributed by atoms with Crippen molar-refractivity contribution in [3.8, 4) is 11.5 Å². The van der Waals surface area contributed by atoms with E-state index in [0.29, 0.717) is 4.77 Å². The van der Waals surface area contributed by atoms with Crippen LogP contribution in [0, 0.1) is 4.77 Å². The van der Waals surface area contributed by atoms with Gasteiger partial charge in [0.25, 0.3) is 0 Å². The molecule has 0 amide bonds. The summed E-state index contributed by atoms with van der Waals surface area (Å²) in [6, 6.07) is 10.1. The van der Waals surface area contributed by atoms with Gasteiger partial charge >= 0.3 is 0 Å². The van der Waals surface area contributed by atoms with Crippen LogP contribution in [0.1, 0.15) is 16.7 Å². The van der Waals surface area contributed by atoms with E-state index >= 15 is 0 Å². The number of aromatic nitrogens is 4. The highest BCUT2D eigenvalue weighted by Crippen LogP contribution is 2.21. The maximum atomic E-state index is 5.33. The monoisotopic (exact) mass is 302 g/mol. The van der Waals surface area contributed by atoms with Gasteiger partial charge in [-0.25, -0.2) is 0 Å². The number of pyridine rings is 1. The van der Waals surface area contributed by atoms with Gasteiger partial charge in [-0.15, -0.1) is 11.3 Å². The van der Waals surface area contributed by atoms with E-state index in [1.807, 2.05) is 34.1 Å². The molecule has 4 nitrogen and oxygen atoms in total. The minimum absolute atomic E-state index is 0.622. The summed E-state index contributed by atoms with van der Waals surface area (Å²) in [7, 11) is 0. The molecule has 0 bridgehead atoms. The fraction of sp³-hybridized carbons (Fsp3) is 0.214. The Balaban J connectivity index is 1.97. The molecule has 0 aromatic carbocycles. The van der Waals surface area contributed by atoms with Crippen molar-refractivity contribution in [1.82, 2.24) is 19.7 Å². The van der Waals surface area contributed by atoms with Crippen LogP contribution in [0.15, 0.2) is 36.5 Å². The van der Waals surface area contributed by atoms with Crippen molar-refractivity contribution >= 4 is 23.6 Å². The number of hydrogen-bond acceptors (Lipinski definition) is 4. The van der Waals surface area contributed by atoms with Crippen LogP contribution in [0.3, 0.4) is 0 Å². The second kappa shape index (κ2) is 5.68. The predicted octanol–water partition coefficient (Wildman–Crippen LogP) is 3.67. The number of rotatable bonds is 4. The average Bonchev–Trinajstić information content (AvgIpc) is 3.08. The molecule has 6 heteroatoms. The number of aryl methyl sites for hydroxylation is 1. The lowest BCUT2D eigenvalue weighted by molar-refractivity contribution is 0.799. The molecule has 0 atom stereocenters. The largest absolute Gasteiger partial charge is 0.294 e. The summed E-state index contributed by atoms with van der Waals surface area (Å²) in [6.45, 7) is 2.89. The molecule has 1 N–H and O–H groups in total. The smallest absolute Gasteiger partial charge is 0.195 e. The third-order valence-electron chi connectivity index (χ3n) is 3.03. The molecule has 0 aliphatic heterocycles. The number of hydrogen-bond donors (Lipinski definition) is 1. The lowest BCUT2D eigenvalue weighted by atomic mass is 10.3. The average molecular weight is 302 g/mol. The van der Waals surface area contributed by atoms with E-state index in [2.05, 4.69) is 34.2 Å². The van der Waals surface area contributed by atoms with Gasteiger partial charge in [0.05, 0.1) is 6.54 Å². The van der Waals surface area contributed by atoms with Crippen LogP contribution in [0.5, 0.6) is 0 Å². The van der Waals surface area contributed by atoms with Crippen molar-refractivity contribution in [1.29, 1.82) is 0 Å². The minimum Gasteiger partial charge on any atom is -0.294 e. The van der Waals surface area contributed by atoms with Gasteiger partial charge in [0.1, 0.15) is 5.69 Å². The van der Waals surface area contributed by atoms with Crippen LogP contribution in [-0.4, -0.2) is 19.7 Å². The van der Waals surface area contributed by atoms with Crippen molar-refractivity contribution in [2.75, 3.05) is 0 Å². The molecule has 0 aliphatic rings. The van der Waals surface area contributed by atoms with Crippen molar-refractivity contribution < 1.29 is 0 Å². The standard InChI is InChI=1S/C14H14N4S2/c1-2-10-6-7-11(20-10)9-18-13(16-17-14(18)19)12-5-3-4-8-15-12/h3-8H,2,9H2,1H3,(H,17,19). The molecule has 0 unspecified atom stereocenters. The Morgan fingerprint density at radius 3 is 2.80 bits per heavy atom. The highest BCUT2D eigenvalue weighted by Gasteiger charge is 2.11. The van der Waals surface area contributed by atoms with E-state index in [9.17, 15) is 0 Å². The molecule has 3 aromatic rings. The first kappa shape index (κ1) is 13.2. The Bertz CT molecular complexity index is 755. The van der Waals surface area contributed by atoms with E-state index in [1.54, 1.807) is 6.20 Å². The van der Waals surface area contributed by atoms with Crippen LogP contribution >= 0.6 is 23.6 Å². The normalized spacial score (nSPS) is 10.8. The highest BCUT2D eigenvalue weighted by molar-refractivity contribution is 7.71. The van der Waals surface area contributed by atoms with Crippen LogP contribution in [-0.2, 0) is 13.0 Å². The number of H-pyrrole nitrogens is 1. The fourth-order valence-corrected chi connectivity index (χ4v) is 3.15. The molecule has 3 heterocycles. The molecule has 0 saturated carbocycles. The number of aromatic amines is 1. The Morgan fingerprint density at radius 2 is 2.10 bits per heavy atom. The van der Waals surface area contributed by atoms with Gasteiger partial charge in [0.2, 0.25) is 0 Å². The van der Waals surface area contributed by atoms with Gasteiger partial charge in [-0.1, -0.05) is 13.0 Å². The number of nitrogens with one attached hydrogen (secondary N) is 1. The van der Waals surface area contributed by atoms with Gasteiger partial charge in [0, 0.05) is 16.0 Å². The summed E-state index contributed by atoms with van der Waals surface area (Å²) in [6.07, 6.45) is 2.83. The molecule has 0 aliphatic carbocycles. The van der Waals surface area contributed by atoms with Gasteiger partial charge in [0.15, 0.2) is 10.6 Å². The maximum absolute atomic E-state index is 5.33. The predicted molar refractivity (Wildman–Crippen MR) is 83.4 cm³/mol. The second-order valence-electron chi connectivity index (χ2n) is 4.38. The fourth-order valence-electron chi connectivity index (χ4n) is 2.01. The zero-order valence-corrected chi connectivity index (χ0v) is 12.7. The van der Waals surface area contributed by atoms with Crippen molar-refractivity contribution in [3.63, 3.8) is 0 Å². The minimum atomic E-state index is 0.622. The molecule has 102 valence electrons. The summed E-state index contributed by atoms with van der Waals surface area (Å²) >= 11 is 7.14. The maximum Gasteiger partial charge on any atom is 0.195 e. The Hall–Kier alpha value is -1.79.